The number of hydrogen-bond donors (Lipinski definition) is 2. The van der Waals surface area contributed by atoms with Crippen molar-refractivity contribution in [3.8, 4) is 22.3 Å². The van der Waals surface area contributed by atoms with Gasteiger partial charge in [-0.25, -0.2) is 0 Å². The first-order valence-electron chi connectivity index (χ1n) is 8.26. The molecule has 3 rings (SSSR count). The average molecular weight is 382 g/mol. The summed E-state index contributed by atoms with van der Waals surface area (Å²) in [6, 6.07) is 9.15. The van der Waals surface area contributed by atoms with Gasteiger partial charge in [-0.3, -0.25) is 14.3 Å². The van der Waals surface area contributed by atoms with Crippen LogP contribution in [-0.4, -0.2) is 29.9 Å². The minimum Gasteiger partial charge on any atom is -0.384 e. The molecular weight excluding hydrogens is 362 g/mol. The zero-order chi connectivity index (χ0) is 19.7. The van der Waals surface area contributed by atoms with E-state index in [-0.39, 0.29) is 11.4 Å². The zero-order valence-corrected chi connectivity index (χ0v) is 16.1. The van der Waals surface area contributed by atoms with Crippen molar-refractivity contribution in [2.45, 2.75) is 0 Å². The summed E-state index contributed by atoms with van der Waals surface area (Å²) in [6.45, 7) is 0. The molecule has 3 aromatic rings. The van der Waals surface area contributed by atoms with E-state index in [0.29, 0.717) is 21.7 Å². The van der Waals surface area contributed by atoms with E-state index < -0.39 is 0 Å². The van der Waals surface area contributed by atoms with Crippen LogP contribution in [0.3, 0.4) is 0 Å². The molecule has 1 aromatic carbocycles. The van der Waals surface area contributed by atoms with Crippen LogP contribution in [0.15, 0.2) is 47.5 Å². The Labute approximate surface area is 162 Å². The molecule has 27 heavy (non-hydrogen) atoms. The number of benzene rings is 1. The monoisotopic (exact) mass is 381 g/mol. The summed E-state index contributed by atoms with van der Waals surface area (Å²) in [4.78, 5) is 18.9. The molecule has 0 saturated heterocycles. The summed E-state index contributed by atoms with van der Waals surface area (Å²) < 4.78 is 1.33. The number of anilines is 2. The van der Waals surface area contributed by atoms with Crippen molar-refractivity contribution in [1.82, 2.24) is 9.55 Å². The third kappa shape index (κ3) is 3.31. The molecule has 7 heteroatoms. The molecule has 3 N–H and O–H groups in total. The number of rotatable bonds is 4. The summed E-state index contributed by atoms with van der Waals surface area (Å²) in [5.41, 5.74) is 9.86. The maximum atomic E-state index is 12.8. The van der Waals surface area contributed by atoms with Gasteiger partial charge >= 0.3 is 0 Å². The first-order valence-corrected chi connectivity index (χ1v) is 8.64. The Morgan fingerprint density at radius 3 is 2.56 bits per heavy atom. The zero-order valence-electron chi connectivity index (χ0n) is 15.3. The number of nitrogens with zero attached hydrogens (tertiary/aromatic N) is 3. The molecule has 0 aliphatic carbocycles. The van der Waals surface area contributed by atoms with E-state index in [9.17, 15) is 4.79 Å². The molecule has 0 bridgehead atoms. The van der Waals surface area contributed by atoms with Crippen molar-refractivity contribution in [3.63, 3.8) is 0 Å². The summed E-state index contributed by atoms with van der Waals surface area (Å²) in [7, 11) is 5.44. The summed E-state index contributed by atoms with van der Waals surface area (Å²) in [6.07, 6.45) is 4.61. The Hall–Kier alpha value is -3.12. The van der Waals surface area contributed by atoms with E-state index in [1.54, 1.807) is 25.5 Å². The van der Waals surface area contributed by atoms with Gasteiger partial charge in [0.25, 0.3) is 5.56 Å². The fourth-order valence-corrected chi connectivity index (χ4v) is 3.24. The van der Waals surface area contributed by atoms with Crippen molar-refractivity contribution in [2.75, 3.05) is 24.7 Å². The minimum absolute atomic E-state index is 0.245. The van der Waals surface area contributed by atoms with Gasteiger partial charge in [-0.05, 0) is 24.3 Å². The molecule has 0 amide bonds. The van der Waals surface area contributed by atoms with Gasteiger partial charge < -0.3 is 16.0 Å². The molecule has 0 aliphatic heterocycles. The number of aromatic nitrogens is 2. The molecule has 0 unspecified atom stereocenters. The molecule has 2 aromatic heterocycles. The van der Waals surface area contributed by atoms with E-state index in [4.69, 9.17) is 22.7 Å². The molecule has 0 atom stereocenters. The molecule has 0 radical (unpaired) electrons. The molecule has 138 valence electrons. The van der Waals surface area contributed by atoms with Gasteiger partial charge in [0.05, 0.1) is 0 Å². The Kier molecular flexibility index (Phi) is 5.01. The number of pyridine rings is 2. The summed E-state index contributed by atoms with van der Waals surface area (Å²) in [5.74, 6) is 0.245. The minimum atomic E-state index is -0.265. The molecule has 2 heterocycles. The van der Waals surface area contributed by atoms with Crippen LogP contribution in [0.2, 0.25) is 5.02 Å². The first-order chi connectivity index (χ1) is 12.8. The lowest BCUT2D eigenvalue weighted by atomic mass is 9.98. The molecule has 6 nitrogen and oxygen atoms in total. The smallest absolute Gasteiger partial charge is 0.259 e. The molecular formula is C20H20ClN5O. The molecule has 0 aliphatic rings. The fourth-order valence-electron chi connectivity index (χ4n) is 2.98. The van der Waals surface area contributed by atoms with Crippen LogP contribution in [0.5, 0.6) is 0 Å². The highest BCUT2D eigenvalue weighted by atomic mass is 35.5. The number of nitrogens with two attached hydrogens (primary N) is 1. The SMILES string of the molecule is CN(C)c1cc(-c2cc(C=N)c(N)n(C)c2=O)c(Cl)cc1-c1cccnc1. The molecule has 0 saturated carbocycles. The van der Waals surface area contributed by atoms with E-state index in [2.05, 4.69) is 4.98 Å². The van der Waals surface area contributed by atoms with Crippen molar-refractivity contribution >= 4 is 29.3 Å². The lowest BCUT2D eigenvalue weighted by Crippen LogP contribution is -2.23. The van der Waals surface area contributed by atoms with E-state index in [1.165, 1.54) is 4.57 Å². The van der Waals surface area contributed by atoms with Gasteiger partial charge in [0.15, 0.2) is 0 Å². The maximum absolute atomic E-state index is 12.8. The van der Waals surface area contributed by atoms with Crippen molar-refractivity contribution in [3.05, 3.63) is 63.7 Å². The Morgan fingerprint density at radius 1 is 1.22 bits per heavy atom. The second-order valence-electron chi connectivity index (χ2n) is 6.39. The standard InChI is InChI=1S/C20H20ClN5O/c1-25(2)18-9-15(16-7-13(10-22)19(23)26(3)20(16)27)17(21)8-14(18)12-5-4-6-24-11-12/h4-11,22H,23H2,1-3H3. The van der Waals surface area contributed by atoms with Crippen LogP contribution in [0.4, 0.5) is 11.5 Å². The van der Waals surface area contributed by atoms with Crippen molar-refractivity contribution in [2.24, 2.45) is 7.05 Å². The van der Waals surface area contributed by atoms with Crippen LogP contribution in [0.25, 0.3) is 22.3 Å². The van der Waals surface area contributed by atoms with Gasteiger partial charge in [0, 0.05) is 78.3 Å². The fraction of sp³-hybridized carbons (Fsp3) is 0.150. The van der Waals surface area contributed by atoms with Gasteiger partial charge in [0.1, 0.15) is 5.82 Å². The maximum Gasteiger partial charge on any atom is 0.259 e. The van der Waals surface area contributed by atoms with E-state index >= 15 is 0 Å². The van der Waals surface area contributed by atoms with Crippen molar-refractivity contribution < 1.29 is 0 Å². The summed E-state index contributed by atoms with van der Waals surface area (Å²) in [5, 5.41) is 7.99. The molecule has 0 fully saturated rings. The third-order valence-electron chi connectivity index (χ3n) is 4.48. The van der Waals surface area contributed by atoms with E-state index in [1.807, 2.05) is 43.3 Å². The number of nitrogens with one attached hydrogen (secondary N) is 1. The van der Waals surface area contributed by atoms with Gasteiger partial charge in [-0.2, -0.15) is 0 Å². The van der Waals surface area contributed by atoms with Crippen LogP contribution in [-0.2, 0) is 7.05 Å². The normalized spacial score (nSPS) is 10.7. The highest BCUT2D eigenvalue weighted by Crippen LogP contribution is 2.38. The van der Waals surface area contributed by atoms with Gasteiger partial charge in [-0.1, -0.05) is 17.7 Å². The van der Waals surface area contributed by atoms with Crippen LogP contribution >= 0.6 is 11.6 Å². The highest BCUT2D eigenvalue weighted by molar-refractivity contribution is 6.34. The largest absolute Gasteiger partial charge is 0.384 e. The van der Waals surface area contributed by atoms with Crippen LogP contribution in [0, 0.1) is 5.41 Å². The second-order valence-corrected chi connectivity index (χ2v) is 6.80. The third-order valence-corrected chi connectivity index (χ3v) is 4.79. The highest BCUT2D eigenvalue weighted by Gasteiger charge is 2.18. The van der Waals surface area contributed by atoms with Crippen molar-refractivity contribution in [1.29, 1.82) is 5.41 Å². The van der Waals surface area contributed by atoms with Gasteiger partial charge in [0.2, 0.25) is 0 Å². The Bertz CT molecular complexity index is 1070. The Morgan fingerprint density at radius 2 is 1.96 bits per heavy atom. The van der Waals surface area contributed by atoms with Gasteiger partial charge in [-0.15, -0.1) is 0 Å². The van der Waals surface area contributed by atoms with E-state index in [0.717, 1.165) is 23.0 Å². The topological polar surface area (TPSA) is 88.0 Å². The average Bonchev–Trinajstić information content (AvgIpc) is 2.67. The van der Waals surface area contributed by atoms with Crippen LogP contribution in [0.1, 0.15) is 5.56 Å². The summed E-state index contributed by atoms with van der Waals surface area (Å²) >= 11 is 6.57. The predicted octanol–water partition coefficient (Wildman–Crippen LogP) is 3.41. The lowest BCUT2D eigenvalue weighted by molar-refractivity contribution is 0.876. The number of halogens is 1. The second kappa shape index (κ2) is 7.25. The van der Waals surface area contributed by atoms with Crippen LogP contribution < -0.4 is 16.2 Å². The number of hydrogen-bond acceptors (Lipinski definition) is 5. The predicted molar refractivity (Wildman–Crippen MR) is 112 cm³/mol. The lowest BCUT2D eigenvalue weighted by Gasteiger charge is -2.20. The molecule has 0 spiro atoms. The Balaban J connectivity index is 2.31. The quantitative estimate of drug-likeness (QED) is 0.678. The first kappa shape index (κ1) is 18.7. The number of nitrogen functional groups attached to an aromatic ring is 1.